The van der Waals surface area contributed by atoms with Crippen molar-refractivity contribution < 1.29 is 0 Å². The Morgan fingerprint density at radius 1 is 1.44 bits per heavy atom. The molecule has 2 heterocycles. The molecule has 0 radical (unpaired) electrons. The fourth-order valence-electron chi connectivity index (χ4n) is 2.61. The Kier molecular flexibility index (Phi) is 4.00. The van der Waals surface area contributed by atoms with Gasteiger partial charge in [-0.25, -0.2) is 0 Å². The van der Waals surface area contributed by atoms with Crippen molar-refractivity contribution in [1.29, 1.82) is 0 Å². The molecule has 1 atom stereocenters. The van der Waals surface area contributed by atoms with Crippen molar-refractivity contribution in [2.24, 2.45) is 5.73 Å². The zero-order chi connectivity index (χ0) is 13.2. The lowest BCUT2D eigenvalue weighted by Crippen LogP contribution is -2.58. The normalized spacial score (nSPS) is 22.9. The van der Waals surface area contributed by atoms with Gasteiger partial charge in [-0.3, -0.25) is 14.8 Å². The van der Waals surface area contributed by atoms with E-state index >= 15 is 0 Å². The maximum Gasteiger partial charge on any atom is 0.0487 e. The molecule has 1 aliphatic heterocycles. The number of aromatic nitrogens is 1. The first kappa shape index (κ1) is 13.5. The van der Waals surface area contributed by atoms with Crippen molar-refractivity contribution in [3.8, 4) is 0 Å². The van der Waals surface area contributed by atoms with E-state index in [1.54, 1.807) is 0 Å². The Balaban J connectivity index is 2.15. The average molecular weight is 248 g/mol. The summed E-state index contributed by atoms with van der Waals surface area (Å²) in [6.45, 7) is 8.41. The first-order chi connectivity index (χ1) is 8.54. The Morgan fingerprint density at radius 3 is 2.78 bits per heavy atom. The van der Waals surface area contributed by atoms with Crippen molar-refractivity contribution in [3.05, 3.63) is 30.1 Å². The molecule has 100 valence electrons. The lowest BCUT2D eigenvalue weighted by molar-refractivity contribution is 0.0179. The fourth-order valence-corrected chi connectivity index (χ4v) is 2.61. The van der Waals surface area contributed by atoms with Crippen molar-refractivity contribution >= 4 is 0 Å². The van der Waals surface area contributed by atoms with Gasteiger partial charge in [0.15, 0.2) is 0 Å². The molecule has 2 rings (SSSR count). The summed E-state index contributed by atoms with van der Waals surface area (Å²) in [4.78, 5) is 9.11. The van der Waals surface area contributed by atoms with Crippen LogP contribution in [0.3, 0.4) is 0 Å². The third-order valence-corrected chi connectivity index (χ3v) is 4.08. The summed E-state index contributed by atoms with van der Waals surface area (Å²) in [6.07, 6.45) is 3.74. The van der Waals surface area contributed by atoms with Gasteiger partial charge in [-0.05, 0) is 32.5 Å². The molecule has 1 aromatic heterocycles. The minimum Gasteiger partial charge on any atom is -0.329 e. The van der Waals surface area contributed by atoms with E-state index in [9.17, 15) is 0 Å². The zero-order valence-electron chi connectivity index (χ0n) is 11.6. The zero-order valence-corrected chi connectivity index (χ0v) is 11.6. The van der Waals surface area contributed by atoms with E-state index < -0.39 is 0 Å². The van der Waals surface area contributed by atoms with Gasteiger partial charge in [0.25, 0.3) is 0 Å². The smallest absolute Gasteiger partial charge is 0.0487 e. The molecular formula is C14H24N4. The van der Waals surface area contributed by atoms with Gasteiger partial charge in [0.05, 0.1) is 0 Å². The second-order valence-corrected chi connectivity index (χ2v) is 5.74. The summed E-state index contributed by atoms with van der Waals surface area (Å²) >= 11 is 0. The molecule has 0 saturated carbocycles. The number of hydrogen-bond donors (Lipinski definition) is 1. The Hall–Kier alpha value is -0.970. The summed E-state index contributed by atoms with van der Waals surface area (Å²) in [5, 5.41) is 0. The van der Waals surface area contributed by atoms with Crippen LogP contribution in [0, 0.1) is 0 Å². The number of likely N-dealkylation sites (N-methyl/N-ethyl adjacent to an activating group) is 1. The topological polar surface area (TPSA) is 45.4 Å². The maximum absolute atomic E-state index is 5.98. The molecule has 0 bridgehead atoms. The minimum atomic E-state index is 0.202. The molecule has 0 aliphatic carbocycles. The van der Waals surface area contributed by atoms with Gasteiger partial charge in [-0.2, -0.15) is 0 Å². The van der Waals surface area contributed by atoms with Crippen LogP contribution >= 0.6 is 0 Å². The summed E-state index contributed by atoms with van der Waals surface area (Å²) in [5.74, 6) is 0. The van der Waals surface area contributed by atoms with E-state index in [0.717, 1.165) is 19.6 Å². The quantitative estimate of drug-likeness (QED) is 0.870. The molecule has 18 heavy (non-hydrogen) atoms. The number of nitrogens with zero attached hydrogens (tertiary/aromatic N) is 3. The van der Waals surface area contributed by atoms with Gasteiger partial charge < -0.3 is 5.73 Å². The second-order valence-electron chi connectivity index (χ2n) is 5.74. The standard InChI is InChI=1S/C14H24N4/c1-14(2)11-18(8-7-17(14)3)13(9-15)12-5-4-6-16-10-12/h4-6,10,13H,7-9,11,15H2,1-3H3. The molecule has 1 saturated heterocycles. The summed E-state index contributed by atoms with van der Waals surface area (Å²) in [5.41, 5.74) is 7.40. The highest BCUT2D eigenvalue weighted by molar-refractivity contribution is 5.15. The summed E-state index contributed by atoms with van der Waals surface area (Å²) in [7, 11) is 2.19. The van der Waals surface area contributed by atoms with Gasteiger partial charge >= 0.3 is 0 Å². The van der Waals surface area contributed by atoms with Crippen LogP contribution in [-0.4, -0.2) is 53.5 Å². The first-order valence-corrected chi connectivity index (χ1v) is 6.60. The van der Waals surface area contributed by atoms with Crippen molar-refractivity contribution in [2.75, 3.05) is 33.2 Å². The number of pyridine rings is 1. The minimum absolute atomic E-state index is 0.202. The van der Waals surface area contributed by atoms with Crippen LogP contribution < -0.4 is 5.73 Å². The predicted molar refractivity (Wildman–Crippen MR) is 74.3 cm³/mol. The van der Waals surface area contributed by atoms with E-state index in [1.807, 2.05) is 18.5 Å². The Morgan fingerprint density at radius 2 is 2.22 bits per heavy atom. The van der Waals surface area contributed by atoms with E-state index in [4.69, 9.17) is 5.73 Å². The Labute approximate surface area is 110 Å². The van der Waals surface area contributed by atoms with Gasteiger partial charge in [-0.1, -0.05) is 6.07 Å². The largest absolute Gasteiger partial charge is 0.329 e. The van der Waals surface area contributed by atoms with Gasteiger partial charge in [0, 0.05) is 50.2 Å². The molecule has 0 spiro atoms. The number of nitrogens with two attached hydrogens (primary N) is 1. The monoisotopic (exact) mass is 248 g/mol. The third kappa shape index (κ3) is 2.71. The molecule has 4 heteroatoms. The maximum atomic E-state index is 5.98. The average Bonchev–Trinajstić information content (AvgIpc) is 2.36. The van der Waals surface area contributed by atoms with E-state index in [1.165, 1.54) is 5.56 Å². The van der Waals surface area contributed by atoms with Gasteiger partial charge in [-0.15, -0.1) is 0 Å². The fraction of sp³-hybridized carbons (Fsp3) is 0.643. The van der Waals surface area contributed by atoms with Crippen molar-refractivity contribution in [3.63, 3.8) is 0 Å². The van der Waals surface area contributed by atoms with Crippen LogP contribution in [-0.2, 0) is 0 Å². The SMILES string of the molecule is CN1CCN(C(CN)c2cccnc2)CC1(C)C. The van der Waals surface area contributed by atoms with Crippen molar-refractivity contribution in [2.45, 2.75) is 25.4 Å². The molecule has 1 aromatic rings. The van der Waals surface area contributed by atoms with Crippen molar-refractivity contribution in [1.82, 2.24) is 14.8 Å². The lowest BCUT2D eigenvalue weighted by Gasteiger charge is -2.47. The van der Waals surface area contributed by atoms with E-state index in [0.29, 0.717) is 6.54 Å². The van der Waals surface area contributed by atoms with Crippen LogP contribution in [0.5, 0.6) is 0 Å². The molecule has 0 amide bonds. The molecule has 1 unspecified atom stereocenters. The first-order valence-electron chi connectivity index (χ1n) is 6.60. The second kappa shape index (κ2) is 5.34. The van der Waals surface area contributed by atoms with Crippen LogP contribution in [0.4, 0.5) is 0 Å². The highest BCUT2D eigenvalue weighted by atomic mass is 15.3. The molecule has 0 aromatic carbocycles. The van der Waals surface area contributed by atoms with Gasteiger partial charge in [0.2, 0.25) is 0 Å². The molecule has 4 nitrogen and oxygen atoms in total. The van der Waals surface area contributed by atoms with E-state index in [2.05, 4.69) is 41.7 Å². The van der Waals surface area contributed by atoms with Crippen LogP contribution in [0.25, 0.3) is 0 Å². The molecule has 1 aliphatic rings. The van der Waals surface area contributed by atoms with Crippen LogP contribution in [0.1, 0.15) is 25.5 Å². The molecule has 2 N–H and O–H groups in total. The summed E-state index contributed by atoms with van der Waals surface area (Å²) in [6, 6.07) is 4.39. The number of hydrogen-bond acceptors (Lipinski definition) is 4. The highest BCUT2D eigenvalue weighted by Crippen LogP contribution is 2.26. The predicted octanol–water partition coefficient (Wildman–Crippen LogP) is 1.11. The third-order valence-electron chi connectivity index (χ3n) is 4.08. The Bertz CT molecular complexity index is 377. The van der Waals surface area contributed by atoms with Gasteiger partial charge in [0.1, 0.15) is 0 Å². The highest BCUT2D eigenvalue weighted by Gasteiger charge is 2.34. The molecule has 1 fully saturated rings. The molecular weight excluding hydrogens is 224 g/mol. The number of rotatable bonds is 3. The number of piperazine rings is 1. The van der Waals surface area contributed by atoms with Crippen LogP contribution in [0.2, 0.25) is 0 Å². The van der Waals surface area contributed by atoms with Crippen LogP contribution in [0.15, 0.2) is 24.5 Å². The summed E-state index contributed by atoms with van der Waals surface area (Å²) < 4.78 is 0. The lowest BCUT2D eigenvalue weighted by atomic mass is 9.96. The van der Waals surface area contributed by atoms with E-state index in [-0.39, 0.29) is 11.6 Å².